The number of hydrogen-bond acceptors (Lipinski definition) is 4. The first-order valence-electron chi connectivity index (χ1n) is 8.44. The summed E-state index contributed by atoms with van der Waals surface area (Å²) in [5.41, 5.74) is 4.23. The minimum atomic E-state index is -0.775. The number of hydrogen-bond donors (Lipinski definition) is 1. The third kappa shape index (κ3) is 3.55. The maximum absolute atomic E-state index is 12.6. The lowest BCUT2D eigenvalue weighted by Crippen LogP contribution is -2.18. The van der Waals surface area contributed by atoms with Crippen molar-refractivity contribution in [2.75, 3.05) is 5.32 Å². The number of carbonyl (C=O) groups excluding carboxylic acids is 1. The van der Waals surface area contributed by atoms with E-state index in [1.54, 1.807) is 12.3 Å². The van der Waals surface area contributed by atoms with Crippen molar-refractivity contribution in [3.63, 3.8) is 0 Å². The van der Waals surface area contributed by atoms with Gasteiger partial charge in [-0.25, -0.2) is 4.98 Å². The Kier molecular flexibility index (Phi) is 4.60. The van der Waals surface area contributed by atoms with E-state index in [2.05, 4.69) is 15.3 Å². The average molecular weight is 378 g/mol. The number of carbonyl (C=O) groups is 1. The second-order valence-electron chi connectivity index (χ2n) is 6.14. The molecule has 0 saturated heterocycles. The molecule has 0 spiro atoms. The number of rotatable bonds is 4. The van der Waals surface area contributed by atoms with Gasteiger partial charge in [-0.2, -0.15) is 4.98 Å². The zero-order valence-electron chi connectivity index (χ0n) is 14.5. The highest BCUT2D eigenvalue weighted by atomic mass is 35.5. The number of fused-ring (bicyclic) bond motifs is 1. The molecule has 2 heterocycles. The molecule has 4 rings (SSSR count). The number of alkyl halides is 1. The van der Waals surface area contributed by atoms with Crippen molar-refractivity contribution < 1.29 is 9.21 Å². The van der Waals surface area contributed by atoms with Gasteiger partial charge in [-0.05, 0) is 42.3 Å². The zero-order chi connectivity index (χ0) is 18.8. The largest absolute Gasteiger partial charge is 0.434 e. The maximum atomic E-state index is 12.6. The molecule has 0 aliphatic carbocycles. The van der Waals surface area contributed by atoms with Gasteiger partial charge in [0.1, 0.15) is 5.38 Å². The minimum absolute atomic E-state index is 0.289. The van der Waals surface area contributed by atoms with Crippen LogP contribution in [0.1, 0.15) is 16.5 Å². The SMILES string of the molecule is Cc1ccc(-c2nc3ncccc3o2)cc1NC(=O)[C@H](Cl)c1ccccc1. The van der Waals surface area contributed by atoms with Crippen molar-refractivity contribution in [2.45, 2.75) is 12.3 Å². The normalized spacial score (nSPS) is 12.1. The van der Waals surface area contributed by atoms with Crippen LogP contribution in [0.3, 0.4) is 0 Å². The van der Waals surface area contributed by atoms with Crippen LogP contribution in [0, 0.1) is 6.92 Å². The minimum Gasteiger partial charge on any atom is -0.434 e. The molecule has 5 nitrogen and oxygen atoms in total. The summed E-state index contributed by atoms with van der Waals surface area (Å²) in [5.74, 6) is 0.159. The maximum Gasteiger partial charge on any atom is 0.246 e. The molecule has 0 aliphatic rings. The van der Waals surface area contributed by atoms with Gasteiger partial charge in [0.05, 0.1) is 0 Å². The predicted octanol–water partition coefficient (Wildman–Crippen LogP) is 5.12. The van der Waals surface area contributed by atoms with Crippen LogP contribution in [0.25, 0.3) is 22.7 Å². The molecular weight excluding hydrogens is 362 g/mol. The van der Waals surface area contributed by atoms with Gasteiger partial charge in [0.2, 0.25) is 11.8 Å². The van der Waals surface area contributed by atoms with Crippen molar-refractivity contribution in [3.05, 3.63) is 78.0 Å². The highest BCUT2D eigenvalue weighted by Crippen LogP contribution is 2.29. The summed E-state index contributed by atoms with van der Waals surface area (Å²) < 4.78 is 5.76. The number of aryl methyl sites for hydroxylation is 1. The fourth-order valence-corrected chi connectivity index (χ4v) is 2.95. The molecule has 0 radical (unpaired) electrons. The van der Waals surface area contributed by atoms with Crippen molar-refractivity contribution in [2.24, 2.45) is 0 Å². The van der Waals surface area contributed by atoms with E-state index in [9.17, 15) is 4.79 Å². The second-order valence-corrected chi connectivity index (χ2v) is 6.57. The van der Waals surface area contributed by atoms with E-state index >= 15 is 0 Å². The molecule has 0 fully saturated rings. The molecule has 2 aromatic carbocycles. The molecule has 1 N–H and O–H groups in total. The van der Waals surface area contributed by atoms with Crippen LogP contribution in [0.5, 0.6) is 0 Å². The van der Waals surface area contributed by atoms with Gasteiger partial charge in [0, 0.05) is 17.4 Å². The Bertz CT molecular complexity index is 1080. The lowest BCUT2D eigenvalue weighted by molar-refractivity contribution is -0.116. The first-order valence-corrected chi connectivity index (χ1v) is 8.88. The summed E-state index contributed by atoms with van der Waals surface area (Å²) >= 11 is 6.32. The van der Waals surface area contributed by atoms with Gasteiger partial charge in [0.15, 0.2) is 11.2 Å². The van der Waals surface area contributed by atoms with Crippen LogP contribution in [-0.2, 0) is 4.79 Å². The van der Waals surface area contributed by atoms with Crippen LogP contribution in [0.2, 0.25) is 0 Å². The molecule has 0 saturated carbocycles. The third-order valence-electron chi connectivity index (χ3n) is 4.23. The van der Waals surface area contributed by atoms with Gasteiger partial charge < -0.3 is 9.73 Å². The summed E-state index contributed by atoms with van der Waals surface area (Å²) in [6.07, 6.45) is 1.67. The number of oxazole rings is 1. The Morgan fingerprint density at radius 3 is 2.70 bits per heavy atom. The zero-order valence-corrected chi connectivity index (χ0v) is 15.3. The topological polar surface area (TPSA) is 68.0 Å². The van der Waals surface area contributed by atoms with Crippen molar-refractivity contribution in [1.82, 2.24) is 9.97 Å². The number of anilines is 1. The quantitative estimate of drug-likeness (QED) is 0.501. The molecule has 134 valence electrons. The molecule has 2 aromatic heterocycles. The van der Waals surface area contributed by atoms with E-state index in [4.69, 9.17) is 16.0 Å². The van der Waals surface area contributed by atoms with Gasteiger partial charge >= 0.3 is 0 Å². The predicted molar refractivity (Wildman–Crippen MR) is 106 cm³/mol. The van der Waals surface area contributed by atoms with E-state index in [1.807, 2.05) is 61.5 Å². The fraction of sp³-hybridized carbons (Fsp3) is 0.0952. The van der Waals surface area contributed by atoms with E-state index in [0.717, 1.165) is 16.7 Å². The fourth-order valence-electron chi connectivity index (χ4n) is 2.75. The van der Waals surface area contributed by atoms with Crippen LogP contribution in [0.4, 0.5) is 5.69 Å². The molecule has 1 atom stereocenters. The summed E-state index contributed by atoms with van der Waals surface area (Å²) in [5, 5.41) is 2.12. The summed E-state index contributed by atoms with van der Waals surface area (Å²) in [4.78, 5) is 21.1. The second kappa shape index (κ2) is 7.21. The molecule has 0 unspecified atom stereocenters. The van der Waals surface area contributed by atoms with Gasteiger partial charge in [-0.15, -0.1) is 11.6 Å². The number of nitrogens with zero attached hydrogens (tertiary/aromatic N) is 2. The van der Waals surface area contributed by atoms with Crippen molar-refractivity contribution in [1.29, 1.82) is 0 Å². The van der Waals surface area contributed by atoms with Gasteiger partial charge in [-0.3, -0.25) is 4.79 Å². The van der Waals surface area contributed by atoms with Gasteiger partial charge in [0.25, 0.3) is 0 Å². The average Bonchev–Trinajstić information content (AvgIpc) is 3.14. The number of pyridine rings is 1. The molecular formula is C21H16ClN3O2. The highest BCUT2D eigenvalue weighted by molar-refractivity contribution is 6.32. The monoisotopic (exact) mass is 377 g/mol. The lowest BCUT2D eigenvalue weighted by Gasteiger charge is -2.13. The molecule has 1 amide bonds. The molecule has 0 aliphatic heterocycles. The summed E-state index contributed by atoms with van der Waals surface area (Å²) in [6, 6.07) is 18.5. The van der Waals surface area contributed by atoms with Crippen LogP contribution < -0.4 is 5.32 Å². The standard InChI is InChI=1S/C21H16ClN3O2/c1-13-9-10-15(21-25-19-17(27-21)8-5-11-23-19)12-16(13)24-20(26)18(22)14-6-3-2-4-7-14/h2-12,18H,1H3,(H,24,26)/t18-/m1/s1. The Morgan fingerprint density at radius 1 is 1.11 bits per heavy atom. The summed E-state index contributed by atoms with van der Waals surface area (Å²) in [7, 11) is 0. The van der Waals surface area contributed by atoms with Crippen LogP contribution in [-0.4, -0.2) is 15.9 Å². The van der Waals surface area contributed by atoms with Crippen LogP contribution in [0.15, 0.2) is 71.3 Å². The Morgan fingerprint density at radius 2 is 1.93 bits per heavy atom. The molecule has 27 heavy (non-hydrogen) atoms. The smallest absolute Gasteiger partial charge is 0.246 e. The van der Waals surface area contributed by atoms with E-state index < -0.39 is 5.38 Å². The first kappa shape index (κ1) is 17.2. The number of aromatic nitrogens is 2. The third-order valence-corrected chi connectivity index (χ3v) is 4.68. The van der Waals surface area contributed by atoms with E-state index in [-0.39, 0.29) is 5.91 Å². The Labute approximate surface area is 161 Å². The van der Waals surface area contributed by atoms with E-state index in [0.29, 0.717) is 22.8 Å². The number of benzene rings is 2. The van der Waals surface area contributed by atoms with E-state index in [1.165, 1.54) is 0 Å². The van der Waals surface area contributed by atoms with Crippen molar-refractivity contribution in [3.8, 4) is 11.5 Å². The summed E-state index contributed by atoms with van der Waals surface area (Å²) in [6.45, 7) is 1.92. The molecule has 6 heteroatoms. The first-order chi connectivity index (χ1) is 13.1. The van der Waals surface area contributed by atoms with Crippen molar-refractivity contribution >= 4 is 34.4 Å². The number of nitrogens with one attached hydrogen (secondary N) is 1. The van der Waals surface area contributed by atoms with Crippen LogP contribution >= 0.6 is 11.6 Å². The highest BCUT2D eigenvalue weighted by Gasteiger charge is 2.19. The molecule has 0 bridgehead atoms. The Hall–Kier alpha value is -3.18. The Balaban J connectivity index is 1.61. The van der Waals surface area contributed by atoms with Gasteiger partial charge in [-0.1, -0.05) is 36.4 Å². The number of halogens is 1. The number of amides is 1. The lowest BCUT2D eigenvalue weighted by atomic mass is 10.1. The molecule has 4 aromatic rings.